The van der Waals surface area contributed by atoms with Crippen molar-refractivity contribution in [3.63, 3.8) is 0 Å². The molecule has 0 radical (unpaired) electrons. The average molecular weight is 371 g/mol. The molecular weight excluding hydrogens is 354 g/mol. The number of nitro benzene ring substituents is 1. The van der Waals surface area contributed by atoms with Crippen LogP contribution in [0.4, 0.5) is 11.4 Å². The maximum absolute atomic E-state index is 12.3. The number of hydrogen-bond acceptors (Lipinski definition) is 6. The van der Waals surface area contributed by atoms with Crippen LogP contribution in [0.5, 0.6) is 11.5 Å². The van der Waals surface area contributed by atoms with Gasteiger partial charge in [0, 0.05) is 18.7 Å². The molecule has 27 heavy (non-hydrogen) atoms. The minimum atomic E-state index is -0.569. The van der Waals surface area contributed by atoms with Crippen LogP contribution in [0.1, 0.15) is 5.56 Å². The van der Waals surface area contributed by atoms with E-state index in [1.807, 2.05) is 6.07 Å². The molecule has 140 valence electrons. The number of methoxy groups -OCH3 is 1. The standard InChI is InChI=1S/C18H17N3O6/c1-26-14-4-2-3-12(7-14)9-19-17(22)10-20-15-8-13(21(24)25)5-6-16(15)27-11-18(20)23/h2-8H,9-11H2,1H3,(H,19,22). The lowest BCUT2D eigenvalue weighted by Crippen LogP contribution is -2.45. The van der Waals surface area contributed by atoms with Gasteiger partial charge in [0.15, 0.2) is 6.61 Å². The lowest BCUT2D eigenvalue weighted by Gasteiger charge is -2.28. The molecule has 2 amide bonds. The summed E-state index contributed by atoms with van der Waals surface area (Å²) in [7, 11) is 1.55. The largest absolute Gasteiger partial charge is 0.497 e. The molecule has 9 heteroatoms. The van der Waals surface area contributed by atoms with Crippen molar-refractivity contribution in [2.75, 3.05) is 25.2 Å². The van der Waals surface area contributed by atoms with E-state index in [1.165, 1.54) is 23.1 Å². The van der Waals surface area contributed by atoms with E-state index in [0.717, 1.165) is 5.56 Å². The number of rotatable bonds is 6. The minimum Gasteiger partial charge on any atom is -0.497 e. The number of carbonyl (C=O) groups excluding carboxylic acids is 2. The first-order valence-corrected chi connectivity index (χ1v) is 8.09. The smallest absolute Gasteiger partial charge is 0.271 e. The van der Waals surface area contributed by atoms with Crippen LogP contribution in [-0.2, 0) is 16.1 Å². The van der Waals surface area contributed by atoms with Gasteiger partial charge in [-0.15, -0.1) is 0 Å². The predicted octanol–water partition coefficient (Wildman–Crippen LogP) is 1.65. The number of anilines is 1. The van der Waals surface area contributed by atoms with Gasteiger partial charge < -0.3 is 14.8 Å². The van der Waals surface area contributed by atoms with Crippen LogP contribution in [-0.4, -0.2) is 37.0 Å². The third-order valence-corrected chi connectivity index (χ3v) is 4.02. The molecule has 0 aliphatic carbocycles. The highest BCUT2D eigenvalue weighted by atomic mass is 16.6. The Morgan fingerprint density at radius 1 is 1.33 bits per heavy atom. The van der Waals surface area contributed by atoms with Crippen LogP contribution >= 0.6 is 0 Å². The molecule has 0 saturated carbocycles. The highest BCUT2D eigenvalue weighted by Crippen LogP contribution is 2.35. The van der Waals surface area contributed by atoms with Crippen molar-refractivity contribution in [3.05, 3.63) is 58.1 Å². The molecule has 0 atom stereocenters. The fourth-order valence-corrected chi connectivity index (χ4v) is 2.66. The van der Waals surface area contributed by atoms with Gasteiger partial charge in [-0.2, -0.15) is 0 Å². The molecule has 1 heterocycles. The minimum absolute atomic E-state index is 0.186. The topological polar surface area (TPSA) is 111 Å². The molecule has 1 aliphatic heterocycles. The Labute approximate surface area is 154 Å². The van der Waals surface area contributed by atoms with Crippen molar-refractivity contribution >= 4 is 23.2 Å². The fourth-order valence-electron chi connectivity index (χ4n) is 2.66. The molecule has 1 N–H and O–H groups in total. The second-order valence-corrected chi connectivity index (χ2v) is 5.81. The van der Waals surface area contributed by atoms with Gasteiger partial charge in [0.1, 0.15) is 18.0 Å². The molecule has 0 bridgehead atoms. The quantitative estimate of drug-likeness (QED) is 0.610. The van der Waals surface area contributed by atoms with Crippen molar-refractivity contribution in [1.82, 2.24) is 5.32 Å². The zero-order chi connectivity index (χ0) is 19.4. The Balaban J connectivity index is 1.71. The van der Waals surface area contributed by atoms with Gasteiger partial charge in [0.2, 0.25) is 5.91 Å². The summed E-state index contributed by atoms with van der Waals surface area (Å²) in [5.41, 5.74) is 0.859. The molecule has 0 spiro atoms. The van der Waals surface area contributed by atoms with E-state index >= 15 is 0 Å². The third kappa shape index (κ3) is 4.14. The van der Waals surface area contributed by atoms with Crippen molar-refractivity contribution in [2.24, 2.45) is 0 Å². The summed E-state index contributed by atoms with van der Waals surface area (Å²) in [6.07, 6.45) is 0. The highest BCUT2D eigenvalue weighted by Gasteiger charge is 2.29. The molecule has 1 aliphatic rings. The molecule has 0 unspecified atom stereocenters. The van der Waals surface area contributed by atoms with Crippen molar-refractivity contribution in [1.29, 1.82) is 0 Å². The van der Waals surface area contributed by atoms with Crippen LogP contribution in [0.3, 0.4) is 0 Å². The zero-order valence-electron chi connectivity index (χ0n) is 14.5. The Hall–Kier alpha value is -3.62. The second kappa shape index (κ2) is 7.73. The Kier molecular flexibility index (Phi) is 5.20. The third-order valence-electron chi connectivity index (χ3n) is 4.02. The van der Waals surface area contributed by atoms with Gasteiger partial charge in [-0.1, -0.05) is 12.1 Å². The van der Waals surface area contributed by atoms with Gasteiger partial charge in [0.05, 0.1) is 17.7 Å². The predicted molar refractivity (Wildman–Crippen MR) is 95.8 cm³/mol. The van der Waals surface area contributed by atoms with Crippen molar-refractivity contribution < 1.29 is 24.0 Å². The van der Waals surface area contributed by atoms with E-state index in [2.05, 4.69) is 5.32 Å². The number of fused-ring (bicyclic) bond motifs is 1. The number of nitrogens with one attached hydrogen (secondary N) is 1. The van der Waals surface area contributed by atoms with Gasteiger partial charge in [-0.3, -0.25) is 24.6 Å². The summed E-state index contributed by atoms with van der Waals surface area (Å²) in [6, 6.07) is 11.2. The normalized spacial score (nSPS) is 12.8. The zero-order valence-corrected chi connectivity index (χ0v) is 14.5. The number of benzene rings is 2. The SMILES string of the molecule is COc1cccc(CNC(=O)CN2C(=O)COc3ccc([N+](=O)[O-])cc32)c1. The average Bonchev–Trinajstić information content (AvgIpc) is 2.68. The first-order valence-electron chi connectivity index (χ1n) is 8.09. The van der Waals surface area contributed by atoms with Gasteiger partial charge in [-0.05, 0) is 23.8 Å². The molecular formula is C18H17N3O6. The summed E-state index contributed by atoms with van der Waals surface area (Å²) < 4.78 is 10.4. The maximum Gasteiger partial charge on any atom is 0.271 e. The van der Waals surface area contributed by atoms with E-state index in [1.54, 1.807) is 25.3 Å². The number of nitrogens with zero attached hydrogens (tertiary/aromatic N) is 2. The maximum atomic E-state index is 12.3. The van der Waals surface area contributed by atoms with Gasteiger partial charge in [0.25, 0.3) is 11.6 Å². The van der Waals surface area contributed by atoms with Crippen LogP contribution in [0, 0.1) is 10.1 Å². The van der Waals surface area contributed by atoms with Gasteiger partial charge in [-0.25, -0.2) is 0 Å². The number of non-ortho nitro benzene ring substituents is 1. The number of nitro groups is 1. The van der Waals surface area contributed by atoms with Crippen molar-refractivity contribution in [2.45, 2.75) is 6.54 Å². The van der Waals surface area contributed by atoms with Crippen LogP contribution in [0.15, 0.2) is 42.5 Å². The summed E-state index contributed by atoms with van der Waals surface area (Å²) in [6.45, 7) is -0.231. The van der Waals surface area contributed by atoms with Gasteiger partial charge >= 0.3 is 0 Å². The second-order valence-electron chi connectivity index (χ2n) is 5.81. The molecule has 0 saturated heterocycles. The first kappa shape index (κ1) is 18.2. The summed E-state index contributed by atoms with van der Waals surface area (Å²) in [5, 5.41) is 13.7. The van der Waals surface area contributed by atoms with E-state index in [4.69, 9.17) is 9.47 Å². The summed E-state index contributed by atoms with van der Waals surface area (Å²) >= 11 is 0. The Morgan fingerprint density at radius 2 is 2.15 bits per heavy atom. The summed E-state index contributed by atoms with van der Waals surface area (Å²) in [4.78, 5) is 36.1. The lowest BCUT2D eigenvalue weighted by molar-refractivity contribution is -0.384. The molecule has 0 fully saturated rings. The molecule has 2 aromatic carbocycles. The fraction of sp³-hybridized carbons (Fsp3) is 0.222. The Bertz CT molecular complexity index is 898. The number of amides is 2. The summed E-state index contributed by atoms with van der Waals surface area (Å²) in [5.74, 6) is 0.150. The molecule has 3 rings (SSSR count). The van der Waals surface area contributed by atoms with Crippen LogP contribution < -0.4 is 19.7 Å². The highest BCUT2D eigenvalue weighted by molar-refractivity contribution is 6.02. The monoisotopic (exact) mass is 371 g/mol. The van der Waals surface area contributed by atoms with Crippen molar-refractivity contribution in [3.8, 4) is 11.5 Å². The molecule has 2 aromatic rings. The van der Waals surface area contributed by atoms with E-state index < -0.39 is 16.7 Å². The van der Waals surface area contributed by atoms with E-state index in [-0.39, 0.29) is 31.1 Å². The Morgan fingerprint density at radius 3 is 2.89 bits per heavy atom. The number of carbonyl (C=O) groups is 2. The van der Waals surface area contributed by atoms with E-state index in [9.17, 15) is 19.7 Å². The molecule has 0 aromatic heterocycles. The molecule has 9 nitrogen and oxygen atoms in total. The van der Waals surface area contributed by atoms with E-state index in [0.29, 0.717) is 11.5 Å². The van der Waals surface area contributed by atoms with Crippen LogP contribution in [0.25, 0.3) is 0 Å². The lowest BCUT2D eigenvalue weighted by atomic mass is 10.2. The number of hydrogen-bond donors (Lipinski definition) is 1. The number of ether oxygens (including phenoxy) is 2. The van der Waals surface area contributed by atoms with Crippen LogP contribution in [0.2, 0.25) is 0 Å². The first-order chi connectivity index (χ1) is 13.0.